The molecule has 7 atom stereocenters. The van der Waals surface area contributed by atoms with Gasteiger partial charge in [0.2, 0.25) is 0 Å². The average molecular weight is 564 g/mol. The summed E-state index contributed by atoms with van der Waals surface area (Å²) >= 11 is 1.53. The number of fused-ring (bicyclic) bond motifs is 1. The van der Waals surface area contributed by atoms with E-state index in [1.807, 2.05) is 44.1 Å². The number of nitrogens with one attached hydrogen (secondary N) is 1. The number of ether oxygens (including phenoxy) is 1. The van der Waals surface area contributed by atoms with Crippen molar-refractivity contribution in [3.8, 4) is 0 Å². The maximum atomic E-state index is 13.3. The Kier molecular flexibility index (Phi) is 10.3. The van der Waals surface area contributed by atoms with Crippen LogP contribution in [0.25, 0.3) is 6.08 Å². The zero-order valence-electron chi connectivity index (χ0n) is 24.3. The van der Waals surface area contributed by atoms with Crippen molar-refractivity contribution in [1.29, 1.82) is 0 Å². The molecule has 0 bridgehead atoms. The third-order valence-corrected chi connectivity index (χ3v) is 9.17. The second kappa shape index (κ2) is 12.9. The number of aromatic nitrogens is 1. The fourth-order valence-electron chi connectivity index (χ4n) is 5.64. The molecule has 2 fully saturated rings. The molecule has 3 heterocycles. The lowest BCUT2D eigenvalue weighted by Crippen LogP contribution is -2.45. The van der Waals surface area contributed by atoms with Crippen molar-refractivity contribution in [2.45, 2.75) is 111 Å². The van der Waals surface area contributed by atoms with Crippen LogP contribution in [0.4, 0.5) is 4.79 Å². The minimum absolute atomic E-state index is 0.00658. The van der Waals surface area contributed by atoms with Gasteiger partial charge in [0.15, 0.2) is 0 Å². The highest BCUT2D eigenvalue weighted by Crippen LogP contribution is 2.39. The lowest BCUT2D eigenvalue weighted by Gasteiger charge is -2.34. The quantitative estimate of drug-likeness (QED) is 0.373. The summed E-state index contributed by atoms with van der Waals surface area (Å²) in [7, 11) is 0. The number of nitrogens with zero attached hydrogens (tertiary/aromatic N) is 2. The number of thiazole rings is 1. The monoisotopic (exact) mass is 563 g/mol. The van der Waals surface area contributed by atoms with E-state index in [0.717, 1.165) is 29.1 Å². The minimum Gasteiger partial charge on any atom is -0.458 e. The van der Waals surface area contributed by atoms with Gasteiger partial charge in [-0.2, -0.15) is 0 Å². The number of carbonyl (C=O) groups excluding carboxylic acids is 3. The molecule has 218 valence electrons. The van der Waals surface area contributed by atoms with Gasteiger partial charge >= 0.3 is 12.0 Å². The lowest BCUT2D eigenvalue weighted by atomic mass is 9.73. The summed E-state index contributed by atoms with van der Waals surface area (Å²) in [6.07, 6.45) is 1.42. The van der Waals surface area contributed by atoms with Crippen LogP contribution in [0.15, 0.2) is 11.0 Å². The van der Waals surface area contributed by atoms with E-state index < -0.39 is 35.6 Å². The summed E-state index contributed by atoms with van der Waals surface area (Å²) in [5, 5.41) is 27.6. The first-order chi connectivity index (χ1) is 18.3. The maximum Gasteiger partial charge on any atom is 0.318 e. The van der Waals surface area contributed by atoms with Crippen molar-refractivity contribution in [1.82, 2.24) is 15.2 Å². The van der Waals surface area contributed by atoms with E-state index in [1.165, 1.54) is 11.3 Å². The van der Waals surface area contributed by atoms with Gasteiger partial charge < -0.3 is 25.2 Å². The van der Waals surface area contributed by atoms with Gasteiger partial charge in [-0.1, -0.05) is 34.1 Å². The number of hydrogen-bond acceptors (Lipinski definition) is 8. The molecule has 7 unspecified atom stereocenters. The molecule has 2 aliphatic rings. The Bertz CT molecular complexity index is 1070. The standard InChI is InChI=1S/C29H45N3O6S/c1-8-30-28(37)32-21-11-9-10-16(2)26(35)18(4)27(36)29(6,7)24(33)14-25(34)38-23(13-22(21)32)17(3)12-20-15-39-19(5)31-20/h12,15-16,18,21-24,26,33,35H,8-11,13-14H2,1-7H3,(H,30,37)/b17-12+. The lowest BCUT2D eigenvalue weighted by molar-refractivity contribution is -0.154. The van der Waals surface area contributed by atoms with E-state index in [0.29, 0.717) is 19.4 Å². The number of hydrogen-bond donors (Lipinski definition) is 3. The van der Waals surface area contributed by atoms with E-state index in [4.69, 9.17) is 4.74 Å². The molecule has 0 aromatic carbocycles. The Morgan fingerprint density at radius 2 is 1.95 bits per heavy atom. The summed E-state index contributed by atoms with van der Waals surface area (Å²) in [6, 6.07) is -0.255. The van der Waals surface area contributed by atoms with Gasteiger partial charge in [-0.15, -0.1) is 11.3 Å². The number of aliphatic hydroxyl groups excluding tert-OH is 2. The molecule has 0 aliphatic carbocycles. The molecule has 2 saturated heterocycles. The number of aryl methyl sites for hydroxylation is 1. The van der Waals surface area contributed by atoms with Gasteiger partial charge in [-0.25, -0.2) is 9.78 Å². The van der Waals surface area contributed by atoms with Crippen molar-refractivity contribution >= 4 is 35.2 Å². The van der Waals surface area contributed by atoms with E-state index in [1.54, 1.807) is 20.8 Å². The van der Waals surface area contributed by atoms with E-state index in [9.17, 15) is 24.6 Å². The Hall–Kier alpha value is -2.30. The summed E-state index contributed by atoms with van der Waals surface area (Å²) < 4.78 is 5.93. The average Bonchev–Trinajstić information content (AvgIpc) is 3.39. The van der Waals surface area contributed by atoms with Crippen LogP contribution in [0.1, 0.15) is 84.3 Å². The molecule has 39 heavy (non-hydrogen) atoms. The summed E-state index contributed by atoms with van der Waals surface area (Å²) in [4.78, 5) is 45.6. The molecule has 0 saturated carbocycles. The molecule has 9 nitrogen and oxygen atoms in total. The fourth-order valence-corrected chi connectivity index (χ4v) is 6.21. The summed E-state index contributed by atoms with van der Waals surface area (Å²) in [6.45, 7) is 13.0. The summed E-state index contributed by atoms with van der Waals surface area (Å²) in [5.41, 5.74) is 0.330. The van der Waals surface area contributed by atoms with Crippen LogP contribution >= 0.6 is 11.3 Å². The normalized spacial score (nSPS) is 32.8. The van der Waals surface area contributed by atoms with Gasteiger partial charge in [-0.3, -0.25) is 9.59 Å². The van der Waals surface area contributed by atoms with E-state index >= 15 is 0 Å². The second-order valence-electron chi connectivity index (χ2n) is 11.8. The van der Waals surface area contributed by atoms with Crippen molar-refractivity contribution in [2.24, 2.45) is 17.3 Å². The zero-order valence-corrected chi connectivity index (χ0v) is 25.1. The van der Waals surface area contributed by atoms with Crippen molar-refractivity contribution in [3.63, 3.8) is 0 Å². The minimum atomic E-state index is -1.28. The largest absolute Gasteiger partial charge is 0.458 e. The summed E-state index contributed by atoms with van der Waals surface area (Å²) in [5.74, 6) is -1.74. The third-order valence-electron chi connectivity index (χ3n) is 8.38. The first-order valence-electron chi connectivity index (χ1n) is 14.0. The topological polar surface area (TPSA) is 129 Å². The van der Waals surface area contributed by atoms with Gasteiger partial charge in [0.25, 0.3) is 0 Å². The third kappa shape index (κ3) is 7.46. The van der Waals surface area contributed by atoms with Crippen LogP contribution in [0.5, 0.6) is 0 Å². The zero-order chi connectivity index (χ0) is 29.1. The molecular formula is C29H45N3O6S. The van der Waals surface area contributed by atoms with Gasteiger partial charge in [0, 0.05) is 24.3 Å². The Labute approximate surface area is 236 Å². The maximum absolute atomic E-state index is 13.3. The van der Waals surface area contributed by atoms with Crippen LogP contribution in [0.3, 0.4) is 0 Å². The number of carbonyl (C=O) groups is 3. The van der Waals surface area contributed by atoms with Gasteiger partial charge in [0.1, 0.15) is 11.9 Å². The molecular weight excluding hydrogens is 518 g/mol. The van der Waals surface area contributed by atoms with E-state index in [2.05, 4.69) is 10.3 Å². The van der Waals surface area contributed by atoms with Crippen LogP contribution < -0.4 is 5.32 Å². The van der Waals surface area contributed by atoms with E-state index in [-0.39, 0.29) is 36.2 Å². The first kappa shape index (κ1) is 31.2. The fraction of sp³-hybridized carbons (Fsp3) is 0.724. The number of urea groups is 1. The highest BCUT2D eigenvalue weighted by molar-refractivity contribution is 7.09. The van der Waals surface area contributed by atoms with Crippen LogP contribution in [0, 0.1) is 24.2 Å². The molecule has 1 aromatic heterocycles. The van der Waals surface area contributed by atoms with Crippen LogP contribution in [0.2, 0.25) is 0 Å². The van der Waals surface area contributed by atoms with Crippen molar-refractivity contribution < 1.29 is 29.3 Å². The molecule has 3 N–H and O–H groups in total. The second-order valence-corrected chi connectivity index (χ2v) is 12.8. The Morgan fingerprint density at radius 3 is 2.56 bits per heavy atom. The number of esters is 1. The number of cyclic esters (lactones) is 1. The number of ketones is 1. The molecule has 3 rings (SSSR count). The number of aliphatic hydroxyl groups is 2. The van der Waals surface area contributed by atoms with Crippen LogP contribution in [-0.2, 0) is 14.3 Å². The molecule has 2 amide bonds. The predicted molar refractivity (Wildman–Crippen MR) is 151 cm³/mol. The van der Waals surface area contributed by atoms with Gasteiger partial charge in [0.05, 0.1) is 46.8 Å². The van der Waals surface area contributed by atoms with Crippen LogP contribution in [-0.4, -0.2) is 74.8 Å². The van der Waals surface area contributed by atoms with Crippen molar-refractivity contribution in [2.75, 3.05) is 6.54 Å². The number of Topliss-reactive ketones (excluding diaryl/α,β-unsaturated/α-hetero) is 1. The van der Waals surface area contributed by atoms with Gasteiger partial charge in [-0.05, 0) is 51.2 Å². The molecule has 0 radical (unpaired) electrons. The highest BCUT2D eigenvalue weighted by atomic mass is 32.1. The van der Waals surface area contributed by atoms with Crippen molar-refractivity contribution in [3.05, 3.63) is 21.7 Å². The number of rotatable bonds is 3. The predicted octanol–water partition coefficient (Wildman–Crippen LogP) is 4.10. The molecule has 2 aliphatic heterocycles. The Balaban J connectivity index is 1.92. The Morgan fingerprint density at radius 1 is 1.26 bits per heavy atom. The molecule has 1 aromatic rings. The molecule has 0 spiro atoms. The smallest absolute Gasteiger partial charge is 0.318 e. The number of amides is 2. The first-order valence-corrected chi connectivity index (χ1v) is 14.9. The SMILES string of the molecule is CCNC(=O)N1C2CCCC(C)C(O)C(C)C(=O)C(C)(C)C(O)CC(=O)OC(/C(C)=C/c3csc(C)n3)CC21. The molecule has 10 heteroatoms. The highest BCUT2D eigenvalue weighted by Gasteiger charge is 2.51.